The van der Waals surface area contributed by atoms with E-state index in [1.807, 2.05) is 20.8 Å². The van der Waals surface area contributed by atoms with Crippen molar-refractivity contribution in [2.24, 2.45) is 11.8 Å². The lowest BCUT2D eigenvalue weighted by molar-refractivity contribution is 0.0519. The minimum absolute atomic E-state index is 0.276. The second-order valence-electron chi connectivity index (χ2n) is 5.49. The van der Waals surface area contributed by atoms with Gasteiger partial charge < -0.3 is 15.4 Å². The zero-order valence-corrected chi connectivity index (χ0v) is 9.67. The minimum atomic E-state index is -0.400. The maximum absolute atomic E-state index is 11.5. The van der Waals surface area contributed by atoms with Crippen LogP contribution >= 0.6 is 0 Å². The Morgan fingerprint density at radius 3 is 2.67 bits per heavy atom. The van der Waals surface area contributed by atoms with Crippen molar-refractivity contribution in [3.8, 4) is 0 Å². The first-order valence-electron chi connectivity index (χ1n) is 5.67. The number of carbonyl (C=O) groups excluding carboxylic acids is 1. The van der Waals surface area contributed by atoms with Gasteiger partial charge in [-0.25, -0.2) is 4.79 Å². The molecule has 15 heavy (non-hydrogen) atoms. The summed E-state index contributed by atoms with van der Waals surface area (Å²) in [5, 5.41) is 6.29. The van der Waals surface area contributed by atoms with E-state index in [0.29, 0.717) is 17.9 Å². The van der Waals surface area contributed by atoms with Crippen LogP contribution in [-0.2, 0) is 4.74 Å². The first-order chi connectivity index (χ1) is 6.97. The molecule has 1 aliphatic heterocycles. The van der Waals surface area contributed by atoms with E-state index in [9.17, 15) is 4.79 Å². The topological polar surface area (TPSA) is 50.4 Å². The number of hydrogen-bond donors (Lipinski definition) is 2. The van der Waals surface area contributed by atoms with Crippen LogP contribution in [-0.4, -0.2) is 30.8 Å². The summed E-state index contributed by atoms with van der Waals surface area (Å²) in [7, 11) is 0. The van der Waals surface area contributed by atoms with Crippen molar-refractivity contribution in [1.82, 2.24) is 10.6 Å². The van der Waals surface area contributed by atoms with Crippen LogP contribution < -0.4 is 10.6 Å². The Morgan fingerprint density at radius 2 is 2.13 bits per heavy atom. The standard InChI is InChI=1S/C11H20N2O2/c1-11(2,3)15-10(14)13-9-7-4-5-12-6-8(7)9/h7-9,12H,4-6H2,1-3H3,(H,13,14). The van der Waals surface area contributed by atoms with Gasteiger partial charge in [0, 0.05) is 12.6 Å². The summed E-state index contributed by atoms with van der Waals surface area (Å²) in [5.41, 5.74) is -0.400. The molecule has 1 saturated carbocycles. The number of nitrogens with one attached hydrogen (secondary N) is 2. The summed E-state index contributed by atoms with van der Waals surface area (Å²) in [6.07, 6.45) is 0.896. The molecule has 0 radical (unpaired) electrons. The summed E-state index contributed by atoms with van der Waals surface area (Å²) in [6, 6.07) is 0.342. The molecule has 4 nitrogen and oxygen atoms in total. The molecule has 1 saturated heterocycles. The summed E-state index contributed by atoms with van der Waals surface area (Å²) in [5.74, 6) is 1.31. The van der Waals surface area contributed by atoms with Gasteiger partial charge in [-0.05, 0) is 45.6 Å². The molecule has 0 aromatic carbocycles. The quantitative estimate of drug-likeness (QED) is 0.685. The average Bonchev–Trinajstić information content (AvgIpc) is 2.76. The molecule has 1 amide bonds. The summed E-state index contributed by atoms with van der Waals surface area (Å²) >= 11 is 0. The fourth-order valence-electron chi connectivity index (χ4n) is 2.31. The van der Waals surface area contributed by atoms with E-state index in [1.165, 1.54) is 6.42 Å². The van der Waals surface area contributed by atoms with Crippen LogP contribution in [0.3, 0.4) is 0 Å². The third-order valence-electron chi connectivity index (χ3n) is 3.05. The predicted molar refractivity (Wildman–Crippen MR) is 57.6 cm³/mol. The van der Waals surface area contributed by atoms with Gasteiger partial charge >= 0.3 is 6.09 Å². The Balaban J connectivity index is 1.76. The summed E-state index contributed by atoms with van der Waals surface area (Å²) in [4.78, 5) is 11.5. The van der Waals surface area contributed by atoms with Gasteiger partial charge in [-0.3, -0.25) is 0 Å². The molecule has 86 valence electrons. The molecule has 0 aromatic rings. The second-order valence-corrected chi connectivity index (χ2v) is 5.49. The molecule has 2 N–H and O–H groups in total. The largest absolute Gasteiger partial charge is 0.444 e. The highest BCUT2D eigenvalue weighted by molar-refractivity contribution is 5.68. The number of rotatable bonds is 1. The minimum Gasteiger partial charge on any atom is -0.444 e. The van der Waals surface area contributed by atoms with Crippen molar-refractivity contribution in [2.75, 3.05) is 13.1 Å². The lowest BCUT2D eigenvalue weighted by Gasteiger charge is -2.19. The molecule has 1 heterocycles. The Labute approximate surface area is 90.8 Å². The molecule has 2 aliphatic rings. The van der Waals surface area contributed by atoms with Gasteiger partial charge in [0.25, 0.3) is 0 Å². The molecule has 2 rings (SSSR count). The van der Waals surface area contributed by atoms with Crippen LogP contribution in [0.5, 0.6) is 0 Å². The van der Waals surface area contributed by atoms with E-state index >= 15 is 0 Å². The summed E-state index contributed by atoms with van der Waals surface area (Å²) < 4.78 is 5.22. The SMILES string of the molecule is CC(C)(C)OC(=O)NC1C2CCNCC21. The van der Waals surface area contributed by atoms with Crippen molar-refractivity contribution >= 4 is 6.09 Å². The first-order valence-corrected chi connectivity index (χ1v) is 5.67. The molecule has 1 aliphatic carbocycles. The molecule has 0 aromatic heterocycles. The highest BCUT2D eigenvalue weighted by atomic mass is 16.6. The zero-order chi connectivity index (χ0) is 11.1. The van der Waals surface area contributed by atoms with E-state index in [4.69, 9.17) is 4.74 Å². The summed E-state index contributed by atoms with van der Waals surface area (Å²) in [6.45, 7) is 7.76. The fraction of sp³-hybridized carbons (Fsp3) is 0.909. The number of fused-ring (bicyclic) bond motifs is 1. The number of carbonyl (C=O) groups is 1. The molecule has 3 unspecified atom stereocenters. The Bertz CT molecular complexity index is 248. The average molecular weight is 212 g/mol. The van der Waals surface area contributed by atoms with Crippen molar-refractivity contribution in [2.45, 2.75) is 38.8 Å². The maximum Gasteiger partial charge on any atom is 0.407 e. The number of ether oxygens (including phenoxy) is 1. The first kappa shape index (κ1) is 10.7. The van der Waals surface area contributed by atoms with Crippen LogP contribution in [0.1, 0.15) is 27.2 Å². The van der Waals surface area contributed by atoms with E-state index in [1.54, 1.807) is 0 Å². The highest BCUT2D eigenvalue weighted by Crippen LogP contribution is 2.43. The monoisotopic (exact) mass is 212 g/mol. The number of alkyl carbamates (subject to hydrolysis) is 1. The van der Waals surface area contributed by atoms with Crippen LogP contribution in [0.15, 0.2) is 0 Å². The van der Waals surface area contributed by atoms with Crippen molar-refractivity contribution in [3.05, 3.63) is 0 Å². The number of piperidine rings is 1. The van der Waals surface area contributed by atoms with E-state index in [0.717, 1.165) is 13.1 Å². The van der Waals surface area contributed by atoms with Gasteiger partial charge in [-0.2, -0.15) is 0 Å². The van der Waals surface area contributed by atoms with Gasteiger partial charge in [-0.1, -0.05) is 0 Å². The van der Waals surface area contributed by atoms with Crippen molar-refractivity contribution in [1.29, 1.82) is 0 Å². The molecular formula is C11H20N2O2. The van der Waals surface area contributed by atoms with Gasteiger partial charge in [0.2, 0.25) is 0 Å². The third kappa shape index (κ3) is 2.62. The highest BCUT2D eigenvalue weighted by Gasteiger charge is 2.51. The van der Waals surface area contributed by atoms with Gasteiger partial charge in [0.05, 0.1) is 0 Å². The molecule has 4 heteroatoms. The number of amides is 1. The smallest absolute Gasteiger partial charge is 0.407 e. The molecular weight excluding hydrogens is 192 g/mol. The van der Waals surface area contributed by atoms with Crippen molar-refractivity contribution in [3.63, 3.8) is 0 Å². The Morgan fingerprint density at radius 1 is 1.40 bits per heavy atom. The normalized spacial score (nSPS) is 34.2. The predicted octanol–water partition coefficient (Wildman–Crippen LogP) is 1.12. The van der Waals surface area contributed by atoms with Gasteiger partial charge in [0.1, 0.15) is 5.60 Å². The molecule has 0 spiro atoms. The van der Waals surface area contributed by atoms with Gasteiger partial charge in [0.15, 0.2) is 0 Å². The van der Waals surface area contributed by atoms with E-state index in [-0.39, 0.29) is 6.09 Å². The Kier molecular flexibility index (Phi) is 2.63. The van der Waals surface area contributed by atoms with E-state index in [2.05, 4.69) is 10.6 Å². The lowest BCUT2D eigenvalue weighted by Crippen LogP contribution is -2.35. The maximum atomic E-state index is 11.5. The van der Waals surface area contributed by atoms with Crippen LogP contribution in [0.25, 0.3) is 0 Å². The Hall–Kier alpha value is -0.770. The second kappa shape index (κ2) is 3.67. The zero-order valence-electron chi connectivity index (χ0n) is 9.67. The van der Waals surface area contributed by atoms with Gasteiger partial charge in [-0.15, -0.1) is 0 Å². The molecule has 2 fully saturated rings. The lowest BCUT2D eigenvalue weighted by atomic mass is 10.2. The van der Waals surface area contributed by atoms with Crippen LogP contribution in [0.4, 0.5) is 4.79 Å². The van der Waals surface area contributed by atoms with Crippen LogP contribution in [0.2, 0.25) is 0 Å². The van der Waals surface area contributed by atoms with Crippen molar-refractivity contribution < 1.29 is 9.53 Å². The third-order valence-corrected chi connectivity index (χ3v) is 3.05. The molecule has 3 atom stereocenters. The fourth-order valence-corrected chi connectivity index (χ4v) is 2.31. The van der Waals surface area contributed by atoms with E-state index < -0.39 is 5.60 Å². The number of hydrogen-bond acceptors (Lipinski definition) is 3. The molecule has 0 bridgehead atoms. The van der Waals surface area contributed by atoms with Crippen LogP contribution in [0, 0.1) is 11.8 Å².